The van der Waals surface area contributed by atoms with Crippen LogP contribution in [0.5, 0.6) is 5.75 Å². The SMILES string of the molecule is CCC(Br)CCNCc1ccc(OC)cc1. The van der Waals surface area contributed by atoms with Crippen LogP contribution in [0.15, 0.2) is 24.3 Å². The second kappa shape index (κ2) is 7.69. The molecule has 0 aliphatic heterocycles. The van der Waals surface area contributed by atoms with E-state index in [0.717, 1.165) is 18.8 Å². The van der Waals surface area contributed by atoms with Crippen LogP contribution in [0.1, 0.15) is 25.3 Å². The summed E-state index contributed by atoms with van der Waals surface area (Å²) in [4.78, 5) is 0.635. The smallest absolute Gasteiger partial charge is 0.118 e. The number of methoxy groups -OCH3 is 1. The van der Waals surface area contributed by atoms with Gasteiger partial charge in [-0.1, -0.05) is 35.0 Å². The topological polar surface area (TPSA) is 21.3 Å². The van der Waals surface area contributed by atoms with Crippen LogP contribution in [0.3, 0.4) is 0 Å². The van der Waals surface area contributed by atoms with Gasteiger partial charge in [0.05, 0.1) is 7.11 Å². The van der Waals surface area contributed by atoms with Crippen molar-refractivity contribution in [2.24, 2.45) is 0 Å². The average molecular weight is 286 g/mol. The minimum Gasteiger partial charge on any atom is -0.497 e. The van der Waals surface area contributed by atoms with E-state index in [9.17, 15) is 0 Å². The highest BCUT2D eigenvalue weighted by molar-refractivity contribution is 9.09. The number of alkyl halides is 1. The van der Waals surface area contributed by atoms with E-state index in [-0.39, 0.29) is 0 Å². The molecule has 1 aromatic rings. The zero-order valence-corrected chi connectivity index (χ0v) is 11.6. The predicted octanol–water partition coefficient (Wildman–Crippen LogP) is 3.35. The van der Waals surface area contributed by atoms with Crippen LogP contribution in [0.2, 0.25) is 0 Å². The van der Waals surface area contributed by atoms with Gasteiger partial charge in [0, 0.05) is 11.4 Å². The molecule has 0 saturated carbocycles. The van der Waals surface area contributed by atoms with Gasteiger partial charge in [0.2, 0.25) is 0 Å². The molecule has 0 heterocycles. The van der Waals surface area contributed by atoms with Crippen LogP contribution in [0, 0.1) is 0 Å². The lowest BCUT2D eigenvalue weighted by molar-refractivity contribution is 0.414. The number of halogens is 1. The van der Waals surface area contributed by atoms with Gasteiger partial charge in [0.1, 0.15) is 5.75 Å². The Balaban J connectivity index is 2.21. The molecule has 3 heteroatoms. The van der Waals surface area contributed by atoms with Gasteiger partial charge in [-0.3, -0.25) is 0 Å². The monoisotopic (exact) mass is 285 g/mol. The Bertz CT molecular complexity index is 286. The van der Waals surface area contributed by atoms with Gasteiger partial charge in [-0.2, -0.15) is 0 Å². The number of rotatable bonds is 7. The molecule has 0 bridgehead atoms. The highest BCUT2D eigenvalue weighted by atomic mass is 79.9. The molecule has 2 nitrogen and oxygen atoms in total. The molecule has 0 fully saturated rings. The summed E-state index contributed by atoms with van der Waals surface area (Å²) in [6, 6.07) is 8.18. The Morgan fingerprint density at radius 1 is 1.31 bits per heavy atom. The van der Waals surface area contributed by atoms with Crippen molar-refractivity contribution in [3.63, 3.8) is 0 Å². The van der Waals surface area contributed by atoms with Crippen molar-refractivity contribution in [1.29, 1.82) is 0 Å². The van der Waals surface area contributed by atoms with E-state index in [0.29, 0.717) is 4.83 Å². The molecule has 1 rings (SSSR count). The van der Waals surface area contributed by atoms with Gasteiger partial charge in [-0.25, -0.2) is 0 Å². The molecule has 0 aliphatic carbocycles. The summed E-state index contributed by atoms with van der Waals surface area (Å²) in [5, 5.41) is 3.43. The second-order valence-corrected chi connectivity index (χ2v) is 5.11. The van der Waals surface area contributed by atoms with E-state index in [4.69, 9.17) is 4.74 Å². The third kappa shape index (κ3) is 4.99. The first-order valence-corrected chi connectivity index (χ1v) is 6.65. The lowest BCUT2D eigenvalue weighted by atomic mass is 10.2. The van der Waals surface area contributed by atoms with Gasteiger partial charge in [0.15, 0.2) is 0 Å². The first kappa shape index (κ1) is 13.5. The number of ether oxygens (including phenoxy) is 1. The largest absolute Gasteiger partial charge is 0.497 e. The first-order valence-electron chi connectivity index (χ1n) is 5.74. The van der Waals surface area contributed by atoms with Crippen molar-refractivity contribution in [2.45, 2.75) is 31.1 Å². The summed E-state index contributed by atoms with van der Waals surface area (Å²) in [5.74, 6) is 0.912. The summed E-state index contributed by atoms with van der Waals surface area (Å²) >= 11 is 3.63. The summed E-state index contributed by atoms with van der Waals surface area (Å²) in [7, 11) is 1.69. The Morgan fingerprint density at radius 3 is 2.56 bits per heavy atom. The maximum absolute atomic E-state index is 5.11. The van der Waals surface area contributed by atoms with Crippen LogP contribution in [0.25, 0.3) is 0 Å². The maximum atomic E-state index is 5.11. The third-order valence-corrected chi connectivity index (χ3v) is 3.67. The molecule has 0 spiro atoms. The van der Waals surface area contributed by atoms with Gasteiger partial charge in [0.25, 0.3) is 0 Å². The molecule has 90 valence electrons. The Morgan fingerprint density at radius 2 is 2.00 bits per heavy atom. The van der Waals surface area contributed by atoms with E-state index in [1.165, 1.54) is 18.4 Å². The van der Waals surface area contributed by atoms with Crippen molar-refractivity contribution in [2.75, 3.05) is 13.7 Å². The standard InChI is InChI=1S/C13H20BrNO/c1-3-12(14)8-9-15-10-11-4-6-13(16-2)7-5-11/h4-7,12,15H,3,8-10H2,1-2H3. The van der Waals surface area contributed by atoms with Crippen LogP contribution in [-0.2, 0) is 6.54 Å². The second-order valence-electron chi connectivity index (χ2n) is 3.82. The maximum Gasteiger partial charge on any atom is 0.118 e. The normalized spacial score (nSPS) is 12.4. The molecule has 16 heavy (non-hydrogen) atoms. The zero-order chi connectivity index (χ0) is 11.8. The molecule has 0 radical (unpaired) electrons. The minimum atomic E-state index is 0.635. The molecule has 0 aromatic heterocycles. The van der Waals surface area contributed by atoms with Crippen LogP contribution >= 0.6 is 15.9 Å². The van der Waals surface area contributed by atoms with Gasteiger partial charge >= 0.3 is 0 Å². The highest BCUT2D eigenvalue weighted by Crippen LogP contribution is 2.11. The van der Waals surface area contributed by atoms with Crippen molar-refractivity contribution < 1.29 is 4.74 Å². The number of hydrogen-bond acceptors (Lipinski definition) is 2. The van der Waals surface area contributed by atoms with Crippen molar-refractivity contribution in [3.8, 4) is 5.75 Å². The lowest BCUT2D eigenvalue weighted by Crippen LogP contribution is -2.17. The average Bonchev–Trinajstić information content (AvgIpc) is 2.35. The van der Waals surface area contributed by atoms with Crippen molar-refractivity contribution in [3.05, 3.63) is 29.8 Å². The van der Waals surface area contributed by atoms with Crippen molar-refractivity contribution >= 4 is 15.9 Å². The molecule has 0 aliphatic rings. The van der Waals surface area contributed by atoms with E-state index in [1.807, 2.05) is 12.1 Å². The fraction of sp³-hybridized carbons (Fsp3) is 0.538. The molecule has 1 aromatic carbocycles. The van der Waals surface area contributed by atoms with E-state index in [1.54, 1.807) is 7.11 Å². The summed E-state index contributed by atoms with van der Waals surface area (Å²) in [5.41, 5.74) is 1.29. The fourth-order valence-corrected chi connectivity index (χ4v) is 1.67. The quantitative estimate of drug-likeness (QED) is 0.613. The number of benzene rings is 1. The first-order chi connectivity index (χ1) is 7.76. The van der Waals surface area contributed by atoms with Gasteiger partial charge < -0.3 is 10.1 Å². The number of nitrogens with one attached hydrogen (secondary N) is 1. The molecular weight excluding hydrogens is 266 g/mol. The molecule has 0 amide bonds. The molecule has 1 N–H and O–H groups in total. The predicted molar refractivity (Wildman–Crippen MR) is 72.3 cm³/mol. The van der Waals surface area contributed by atoms with Crippen molar-refractivity contribution in [1.82, 2.24) is 5.32 Å². The molecule has 0 saturated heterocycles. The van der Waals surface area contributed by atoms with Gasteiger partial charge in [-0.15, -0.1) is 0 Å². The summed E-state index contributed by atoms with van der Waals surface area (Å²) < 4.78 is 5.11. The summed E-state index contributed by atoms with van der Waals surface area (Å²) in [6.45, 7) is 4.17. The van der Waals surface area contributed by atoms with Crippen LogP contribution in [0.4, 0.5) is 0 Å². The van der Waals surface area contributed by atoms with Gasteiger partial charge in [-0.05, 0) is 37.1 Å². The van der Waals surface area contributed by atoms with Crippen LogP contribution < -0.4 is 10.1 Å². The fourth-order valence-electron chi connectivity index (χ4n) is 1.44. The molecule has 1 atom stereocenters. The third-order valence-electron chi connectivity index (χ3n) is 2.57. The van der Waals surface area contributed by atoms with E-state index in [2.05, 4.69) is 40.3 Å². The Kier molecular flexibility index (Phi) is 6.50. The van der Waals surface area contributed by atoms with Crippen LogP contribution in [-0.4, -0.2) is 18.5 Å². The minimum absolute atomic E-state index is 0.635. The zero-order valence-electron chi connectivity index (χ0n) is 10.0. The Hall–Kier alpha value is -0.540. The summed E-state index contributed by atoms with van der Waals surface area (Å²) in [6.07, 6.45) is 2.36. The molecule has 1 unspecified atom stereocenters. The number of hydrogen-bond donors (Lipinski definition) is 1. The van der Waals surface area contributed by atoms with E-state index >= 15 is 0 Å². The lowest BCUT2D eigenvalue weighted by Gasteiger charge is -2.08. The van der Waals surface area contributed by atoms with E-state index < -0.39 is 0 Å². The highest BCUT2D eigenvalue weighted by Gasteiger charge is 1.99. The Labute approximate surface area is 107 Å². The molecular formula is C13H20BrNO.